The van der Waals surface area contributed by atoms with Crippen LogP contribution in [0.3, 0.4) is 0 Å². The molecule has 0 aromatic heterocycles. The number of nitrogens with two attached hydrogens (primary N) is 1. The first-order valence-corrected chi connectivity index (χ1v) is 6.87. The molecule has 0 unspecified atom stereocenters. The minimum absolute atomic E-state index is 0.571. The molecule has 0 atom stereocenters. The van der Waals surface area contributed by atoms with Gasteiger partial charge in [0.25, 0.3) is 0 Å². The Labute approximate surface area is 116 Å². The molecule has 3 rings (SSSR count). The number of rotatable bonds is 2. The highest BCUT2D eigenvalue weighted by atomic mass is 79.9. The molecule has 2 aromatic carbocycles. The van der Waals surface area contributed by atoms with Crippen LogP contribution in [-0.4, -0.2) is 0 Å². The molecule has 0 fully saturated rings. The van der Waals surface area contributed by atoms with E-state index in [0.717, 1.165) is 23.1 Å². The minimum Gasteiger partial charge on any atom is -0.363 e. The van der Waals surface area contributed by atoms with Crippen LogP contribution in [0.4, 0.5) is 5.69 Å². The predicted molar refractivity (Wildman–Crippen MR) is 78.4 cm³/mol. The second kappa shape index (κ2) is 4.75. The van der Waals surface area contributed by atoms with E-state index >= 15 is 0 Å². The van der Waals surface area contributed by atoms with Crippen molar-refractivity contribution >= 4 is 21.6 Å². The highest BCUT2D eigenvalue weighted by molar-refractivity contribution is 9.10. The van der Waals surface area contributed by atoms with Crippen LogP contribution in [0.1, 0.15) is 16.7 Å². The summed E-state index contributed by atoms with van der Waals surface area (Å²) in [4.78, 5) is 2.38. The first-order chi connectivity index (χ1) is 8.78. The topological polar surface area (TPSA) is 29.3 Å². The normalized spacial score (nSPS) is 13.8. The molecule has 92 valence electrons. The standard InChI is InChI=1S/C15H15BrN2/c16-15-7-14(6-5-11(15)8-17)18-9-12-3-1-2-4-13(12)10-18/h1-7H,8-10,17H2. The van der Waals surface area contributed by atoms with E-state index in [4.69, 9.17) is 5.73 Å². The van der Waals surface area contributed by atoms with Gasteiger partial charge in [0.2, 0.25) is 0 Å². The third-order valence-electron chi connectivity index (χ3n) is 3.46. The Morgan fingerprint density at radius 3 is 2.28 bits per heavy atom. The van der Waals surface area contributed by atoms with Crippen molar-refractivity contribution in [1.82, 2.24) is 0 Å². The molecule has 3 heteroatoms. The number of halogens is 1. The molecule has 0 saturated heterocycles. The molecule has 0 bridgehead atoms. The van der Waals surface area contributed by atoms with Gasteiger partial charge in [0, 0.05) is 29.8 Å². The molecule has 0 spiro atoms. The SMILES string of the molecule is NCc1ccc(N2Cc3ccccc3C2)cc1Br. The average molecular weight is 303 g/mol. The fraction of sp³-hybridized carbons (Fsp3) is 0.200. The summed E-state index contributed by atoms with van der Waals surface area (Å²) in [5, 5.41) is 0. The molecule has 0 aliphatic carbocycles. The summed E-state index contributed by atoms with van der Waals surface area (Å²) in [6, 6.07) is 15.0. The minimum atomic E-state index is 0.571. The van der Waals surface area contributed by atoms with Crippen LogP contribution < -0.4 is 10.6 Å². The van der Waals surface area contributed by atoms with Crippen LogP contribution in [0.5, 0.6) is 0 Å². The highest BCUT2D eigenvalue weighted by Gasteiger charge is 2.18. The first-order valence-electron chi connectivity index (χ1n) is 6.08. The maximum Gasteiger partial charge on any atom is 0.0436 e. The van der Waals surface area contributed by atoms with Gasteiger partial charge >= 0.3 is 0 Å². The van der Waals surface area contributed by atoms with Crippen molar-refractivity contribution < 1.29 is 0 Å². The van der Waals surface area contributed by atoms with E-state index in [1.54, 1.807) is 0 Å². The zero-order valence-corrected chi connectivity index (χ0v) is 11.7. The Balaban J connectivity index is 1.88. The Hall–Kier alpha value is -1.32. The third-order valence-corrected chi connectivity index (χ3v) is 4.20. The third kappa shape index (κ3) is 2.04. The molecule has 18 heavy (non-hydrogen) atoms. The lowest BCUT2D eigenvalue weighted by Gasteiger charge is -2.18. The number of fused-ring (bicyclic) bond motifs is 1. The van der Waals surface area contributed by atoms with Gasteiger partial charge in [0.1, 0.15) is 0 Å². The largest absolute Gasteiger partial charge is 0.363 e. The molecule has 0 amide bonds. The van der Waals surface area contributed by atoms with Gasteiger partial charge in [-0.25, -0.2) is 0 Å². The second-order valence-electron chi connectivity index (χ2n) is 4.60. The summed E-state index contributed by atoms with van der Waals surface area (Å²) >= 11 is 3.58. The van der Waals surface area contributed by atoms with Gasteiger partial charge in [-0.3, -0.25) is 0 Å². The van der Waals surface area contributed by atoms with Gasteiger partial charge in [-0.2, -0.15) is 0 Å². The van der Waals surface area contributed by atoms with E-state index < -0.39 is 0 Å². The maximum absolute atomic E-state index is 5.68. The number of hydrogen-bond acceptors (Lipinski definition) is 2. The predicted octanol–water partition coefficient (Wildman–Crippen LogP) is 3.43. The number of hydrogen-bond donors (Lipinski definition) is 1. The van der Waals surface area contributed by atoms with E-state index in [0.29, 0.717) is 6.54 Å². The lowest BCUT2D eigenvalue weighted by molar-refractivity contribution is 0.878. The van der Waals surface area contributed by atoms with E-state index in [1.807, 2.05) is 0 Å². The van der Waals surface area contributed by atoms with Crippen molar-refractivity contribution in [3.63, 3.8) is 0 Å². The lowest BCUT2D eigenvalue weighted by atomic mass is 10.1. The van der Waals surface area contributed by atoms with Gasteiger partial charge in [0.05, 0.1) is 0 Å². The average Bonchev–Trinajstić information content (AvgIpc) is 2.82. The van der Waals surface area contributed by atoms with Gasteiger partial charge in [0.15, 0.2) is 0 Å². The number of benzene rings is 2. The Bertz CT molecular complexity index is 555. The van der Waals surface area contributed by atoms with Crippen molar-refractivity contribution in [2.45, 2.75) is 19.6 Å². The van der Waals surface area contributed by atoms with Crippen LogP contribution in [0.15, 0.2) is 46.9 Å². The highest BCUT2D eigenvalue weighted by Crippen LogP contribution is 2.30. The summed E-state index contributed by atoms with van der Waals surface area (Å²) in [5.74, 6) is 0. The van der Waals surface area contributed by atoms with Crippen molar-refractivity contribution in [3.05, 3.63) is 63.6 Å². The summed E-state index contributed by atoms with van der Waals surface area (Å²) in [6.07, 6.45) is 0. The van der Waals surface area contributed by atoms with Gasteiger partial charge < -0.3 is 10.6 Å². The Morgan fingerprint density at radius 1 is 1.06 bits per heavy atom. The summed E-state index contributed by atoms with van der Waals surface area (Å²) < 4.78 is 1.10. The van der Waals surface area contributed by atoms with Gasteiger partial charge in [-0.05, 0) is 28.8 Å². The fourth-order valence-electron chi connectivity index (χ4n) is 2.41. The molecular weight excluding hydrogens is 288 g/mol. The van der Waals surface area contributed by atoms with Crippen LogP contribution in [0, 0.1) is 0 Å². The Kier molecular flexibility index (Phi) is 3.10. The zero-order valence-electron chi connectivity index (χ0n) is 10.1. The lowest BCUT2D eigenvalue weighted by Crippen LogP contribution is -2.14. The molecule has 2 N–H and O–H groups in total. The first kappa shape index (κ1) is 11.8. The van der Waals surface area contributed by atoms with E-state index in [-0.39, 0.29) is 0 Å². The maximum atomic E-state index is 5.68. The second-order valence-corrected chi connectivity index (χ2v) is 5.46. The van der Waals surface area contributed by atoms with Crippen molar-refractivity contribution in [3.8, 4) is 0 Å². The molecular formula is C15H15BrN2. The molecule has 0 radical (unpaired) electrons. The van der Waals surface area contributed by atoms with Crippen LogP contribution >= 0.6 is 15.9 Å². The van der Waals surface area contributed by atoms with E-state index in [1.165, 1.54) is 16.8 Å². The molecule has 1 aliphatic heterocycles. The van der Waals surface area contributed by atoms with Gasteiger partial charge in [-0.1, -0.05) is 46.3 Å². The van der Waals surface area contributed by atoms with E-state index in [2.05, 4.69) is 63.3 Å². The summed E-state index contributed by atoms with van der Waals surface area (Å²) in [7, 11) is 0. The zero-order chi connectivity index (χ0) is 12.5. The number of anilines is 1. The monoisotopic (exact) mass is 302 g/mol. The van der Waals surface area contributed by atoms with Crippen molar-refractivity contribution in [2.75, 3.05) is 4.90 Å². The fourth-order valence-corrected chi connectivity index (χ4v) is 2.94. The smallest absolute Gasteiger partial charge is 0.0436 e. The van der Waals surface area contributed by atoms with Crippen LogP contribution in [0.2, 0.25) is 0 Å². The molecule has 1 heterocycles. The van der Waals surface area contributed by atoms with Crippen LogP contribution in [0.25, 0.3) is 0 Å². The summed E-state index contributed by atoms with van der Waals surface area (Å²) in [5.41, 5.74) is 10.9. The van der Waals surface area contributed by atoms with Gasteiger partial charge in [-0.15, -0.1) is 0 Å². The van der Waals surface area contributed by atoms with Crippen molar-refractivity contribution in [1.29, 1.82) is 0 Å². The molecule has 2 nitrogen and oxygen atoms in total. The molecule has 1 aliphatic rings. The molecule has 2 aromatic rings. The molecule has 0 saturated carbocycles. The number of nitrogens with zero attached hydrogens (tertiary/aromatic N) is 1. The quantitative estimate of drug-likeness (QED) is 0.921. The Morgan fingerprint density at radius 2 is 1.72 bits per heavy atom. The van der Waals surface area contributed by atoms with Crippen molar-refractivity contribution in [2.24, 2.45) is 5.73 Å². The summed E-state index contributed by atoms with van der Waals surface area (Å²) in [6.45, 7) is 2.55. The van der Waals surface area contributed by atoms with Crippen LogP contribution in [-0.2, 0) is 19.6 Å². The van der Waals surface area contributed by atoms with E-state index in [9.17, 15) is 0 Å².